The number of fused-ring (bicyclic) bond motifs is 1. The lowest BCUT2D eigenvalue weighted by atomic mass is 10.2. The number of methoxy groups -OCH3 is 1. The number of aryl methyl sites for hydroxylation is 1. The van der Waals surface area contributed by atoms with E-state index in [4.69, 9.17) is 9.47 Å². The van der Waals surface area contributed by atoms with Crippen LogP contribution in [0.25, 0.3) is 10.9 Å². The van der Waals surface area contributed by atoms with Crippen molar-refractivity contribution in [3.05, 3.63) is 84.1 Å². The summed E-state index contributed by atoms with van der Waals surface area (Å²) in [6, 6.07) is 21.8. The summed E-state index contributed by atoms with van der Waals surface area (Å²) in [7, 11) is 1.54. The molecule has 2 amide bonds. The van der Waals surface area contributed by atoms with Gasteiger partial charge in [0.15, 0.2) is 18.1 Å². The standard InChI is InChI=1S/C25H23N3O4/c1-16-10-11-17-13-21(28-20(17)12-16)25(30)27-19-7-5-6-18(14-19)26-24(29)15-32-23-9-4-3-8-22(23)31-2/h3-14,28H,15H2,1-2H3,(H,26,29)(H,27,30). The van der Waals surface area contributed by atoms with Crippen molar-refractivity contribution >= 4 is 34.1 Å². The number of para-hydroxylation sites is 2. The van der Waals surface area contributed by atoms with Crippen LogP contribution in [0, 0.1) is 6.92 Å². The highest BCUT2D eigenvalue weighted by molar-refractivity contribution is 6.06. The monoisotopic (exact) mass is 429 g/mol. The molecule has 0 aliphatic carbocycles. The zero-order valence-electron chi connectivity index (χ0n) is 17.8. The van der Waals surface area contributed by atoms with Crippen LogP contribution in [0.5, 0.6) is 11.5 Å². The first kappa shape index (κ1) is 21.0. The zero-order chi connectivity index (χ0) is 22.5. The van der Waals surface area contributed by atoms with E-state index in [1.165, 1.54) is 0 Å². The number of aromatic nitrogens is 1. The molecule has 32 heavy (non-hydrogen) atoms. The van der Waals surface area contributed by atoms with Gasteiger partial charge in [-0.3, -0.25) is 9.59 Å². The van der Waals surface area contributed by atoms with Crippen LogP contribution in [0.15, 0.2) is 72.8 Å². The molecule has 0 spiro atoms. The summed E-state index contributed by atoms with van der Waals surface area (Å²) in [5.74, 6) is 0.448. The van der Waals surface area contributed by atoms with E-state index in [0.717, 1.165) is 16.5 Å². The van der Waals surface area contributed by atoms with E-state index in [2.05, 4.69) is 15.6 Å². The van der Waals surface area contributed by atoms with Crippen molar-refractivity contribution in [3.63, 3.8) is 0 Å². The normalized spacial score (nSPS) is 10.6. The van der Waals surface area contributed by atoms with Crippen LogP contribution >= 0.6 is 0 Å². The van der Waals surface area contributed by atoms with Crippen LogP contribution in [0.2, 0.25) is 0 Å². The average molecular weight is 429 g/mol. The van der Waals surface area contributed by atoms with Crippen molar-refractivity contribution in [2.24, 2.45) is 0 Å². The molecule has 0 radical (unpaired) electrons. The van der Waals surface area contributed by atoms with Crippen LogP contribution in [0.1, 0.15) is 16.1 Å². The quantitative estimate of drug-likeness (QED) is 0.395. The first-order valence-corrected chi connectivity index (χ1v) is 10.1. The molecular formula is C25H23N3O4. The van der Waals surface area contributed by atoms with Gasteiger partial charge in [0, 0.05) is 22.3 Å². The third-order valence-corrected chi connectivity index (χ3v) is 4.85. The van der Waals surface area contributed by atoms with Gasteiger partial charge in [-0.05, 0) is 55.0 Å². The number of rotatable bonds is 7. The fraction of sp³-hybridized carbons (Fsp3) is 0.120. The molecule has 1 aromatic heterocycles. The van der Waals surface area contributed by atoms with Gasteiger partial charge in [0.1, 0.15) is 5.69 Å². The Labute approximate surface area is 185 Å². The van der Waals surface area contributed by atoms with Crippen molar-refractivity contribution in [1.82, 2.24) is 4.98 Å². The highest BCUT2D eigenvalue weighted by atomic mass is 16.5. The summed E-state index contributed by atoms with van der Waals surface area (Å²) in [6.45, 7) is 1.83. The average Bonchev–Trinajstić information content (AvgIpc) is 3.21. The number of carbonyl (C=O) groups is 2. The number of hydrogen-bond acceptors (Lipinski definition) is 4. The van der Waals surface area contributed by atoms with Crippen molar-refractivity contribution in [2.75, 3.05) is 24.4 Å². The minimum atomic E-state index is -0.328. The fourth-order valence-electron chi connectivity index (χ4n) is 3.31. The van der Waals surface area contributed by atoms with Gasteiger partial charge < -0.3 is 25.1 Å². The van der Waals surface area contributed by atoms with E-state index in [1.54, 1.807) is 49.6 Å². The molecule has 7 nitrogen and oxygen atoms in total. The predicted octanol–water partition coefficient (Wildman–Crippen LogP) is 4.75. The minimum absolute atomic E-state index is 0.175. The summed E-state index contributed by atoms with van der Waals surface area (Å²) in [5, 5.41) is 6.59. The Balaban J connectivity index is 1.38. The SMILES string of the molecule is COc1ccccc1OCC(=O)Nc1cccc(NC(=O)c2cc3ccc(C)cc3[nH]2)c1. The zero-order valence-corrected chi connectivity index (χ0v) is 17.8. The summed E-state index contributed by atoms with van der Waals surface area (Å²) in [5.41, 5.74) is 3.60. The van der Waals surface area contributed by atoms with Crippen LogP contribution in [-0.2, 0) is 4.79 Å². The van der Waals surface area contributed by atoms with Gasteiger partial charge >= 0.3 is 0 Å². The molecule has 3 N–H and O–H groups in total. The van der Waals surface area contributed by atoms with Gasteiger partial charge in [0.05, 0.1) is 7.11 Å². The van der Waals surface area contributed by atoms with E-state index in [-0.39, 0.29) is 18.4 Å². The second kappa shape index (κ2) is 9.26. The first-order valence-electron chi connectivity index (χ1n) is 10.1. The molecule has 0 fully saturated rings. The number of aromatic amines is 1. The fourth-order valence-corrected chi connectivity index (χ4v) is 3.31. The molecule has 0 bridgehead atoms. The van der Waals surface area contributed by atoms with E-state index < -0.39 is 0 Å². The van der Waals surface area contributed by atoms with Gasteiger partial charge in [0.2, 0.25) is 0 Å². The van der Waals surface area contributed by atoms with E-state index in [9.17, 15) is 9.59 Å². The maximum Gasteiger partial charge on any atom is 0.272 e. The summed E-state index contributed by atoms with van der Waals surface area (Å²) in [4.78, 5) is 28.1. The van der Waals surface area contributed by atoms with Crippen LogP contribution in [0.3, 0.4) is 0 Å². The Kier molecular flexibility index (Phi) is 6.07. The highest BCUT2D eigenvalue weighted by Crippen LogP contribution is 2.25. The number of hydrogen-bond donors (Lipinski definition) is 3. The molecule has 162 valence electrons. The van der Waals surface area contributed by atoms with Crippen molar-refractivity contribution in [3.8, 4) is 11.5 Å². The lowest BCUT2D eigenvalue weighted by Gasteiger charge is -2.11. The third kappa shape index (κ3) is 4.89. The smallest absolute Gasteiger partial charge is 0.272 e. The van der Waals surface area contributed by atoms with Crippen molar-refractivity contribution in [1.29, 1.82) is 0 Å². The van der Waals surface area contributed by atoms with E-state index >= 15 is 0 Å². The summed E-state index contributed by atoms with van der Waals surface area (Å²) >= 11 is 0. The molecule has 1 heterocycles. The number of amides is 2. The lowest BCUT2D eigenvalue weighted by molar-refractivity contribution is -0.118. The number of ether oxygens (including phenoxy) is 2. The number of benzene rings is 3. The molecule has 0 unspecified atom stereocenters. The van der Waals surface area contributed by atoms with E-state index in [0.29, 0.717) is 28.6 Å². The van der Waals surface area contributed by atoms with Crippen LogP contribution in [0.4, 0.5) is 11.4 Å². The Bertz CT molecular complexity index is 1280. The molecule has 0 atom stereocenters. The van der Waals surface area contributed by atoms with Gasteiger partial charge in [0.25, 0.3) is 11.8 Å². The molecule has 4 aromatic rings. The number of H-pyrrole nitrogens is 1. The topological polar surface area (TPSA) is 92.4 Å². The molecule has 0 saturated heterocycles. The molecule has 0 saturated carbocycles. The Morgan fingerprint density at radius 3 is 2.41 bits per heavy atom. The molecule has 3 aromatic carbocycles. The van der Waals surface area contributed by atoms with Gasteiger partial charge in [-0.15, -0.1) is 0 Å². The Morgan fingerprint density at radius 2 is 1.62 bits per heavy atom. The van der Waals surface area contributed by atoms with Gasteiger partial charge in [-0.2, -0.15) is 0 Å². The van der Waals surface area contributed by atoms with E-state index in [1.807, 2.05) is 37.3 Å². The highest BCUT2D eigenvalue weighted by Gasteiger charge is 2.11. The number of anilines is 2. The molecule has 7 heteroatoms. The van der Waals surface area contributed by atoms with Crippen LogP contribution in [-0.4, -0.2) is 30.5 Å². The summed E-state index contributed by atoms with van der Waals surface area (Å²) in [6.07, 6.45) is 0. The molecular weight excluding hydrogens is 406 g/mol. The lowest BCUT2D eigenvalue weighted by Crippen LogP contribution is -2.20. The van der Waals surface area contributed by atoms with Crippen molar-refractivity contribution < 1.29 is 19.1 Å². The molecule has 0 aliphatic heterocycles. The predicted molar refractivity (Wildman–Crippen MR) is 125 cm³/mol. The van der Waals surface area contributed by atoms with Gasteiger partial charge in [-0.1, -0.05) is 30.3 Å². The van der Waals surface area contributed by atoms with Gasteiger partial charge in [-0.25, -0.2) is 0 Å². The van der Waals surface area contributed by atoms with Crippen LogP contribution < -0.4 is 20.1 Å². The first-order chi connectivity index (χ1) is 15.5. The third-order valence-electron chi connectivity index (χ3n) is 4.85. The molecule has 0 aliphatic rings. The molecule has 4 rings (SSSR count). The summed E-state index contributed by atoms with van der Waals surface area (Å²) < 4.78 is 10.8. The number of carbonyl (C=O) groups excluding carboxylic acids is 2. The Hall–Kier alpha value is -4.26. The second-order valence-electron chi connectivity index (χ2n) is 7.30. The Morgan fingerprint density at radius 1 is 0.875 bits per heavy atom. The van der Waals surface area contributed by atoms with Crippen molar-refractivity contribution in [2.45, 2.75) is 6.92 Å². The minimum Gasteiger partial charge on any atom is -0.493 e. The maximum absolute atomic E-state index is 12.7. The largest absolute Gasteiger partial charge is 0.493 e. The maximum atomic E-state index is 12.7. The second-order valence-corrected chi connectivity index (χ2v) is 7.30. The number of nitrogens with one attached hydrogen (secondary N) is 3.